The topological polar surface area (TPSA) is 83.9 Å². The van der Waals surface area contributed by atoms with Crippen LogP contribution in [0.5, 0.6) is 0 Å². The zero-order chi connectivity index (χ0) is 17.4. The van der Waals surface area contributed by atoms with Gasteiger partial charge in [-0.05, 0) is 24.1 Å². The predicted octanol–water partition coefficient (Wildman–Crippen LogP) is 3.18. The van der Waals surface area contributed by atoms with Crippen LogP contribution in [0.15, 0.2) is 52.1 Å². The summed E-state index contributed by atoms with van der Waals surface area (Å²) in [7, 11) is 1.94. The number of nitro benzene ring substituents is 1. The second kappa shape index (κ2) is 8.71. The minimum atomic E-state index is -0.404. The fourth-order valence-electron chi connectivity index (χ4n) is 2.15. The molecule has 0 spiro atoms. The molecule has 0 unspecified atom stereocenters. The Labute approximate surface area is 141 Å². The lowest BCUT2D eigenvalue weighted by Crippen LogP contribution is -2.38. The summed E-state index contributed by atoms with van der Waals surface area (Å²) in [6.45, 7) is 3.98. The first kappa shape index (κ1) is 17.5. The molecule has 2 aromatic rings. The second-order valence-corrected chi connectivity index (χ2v) is 5.43. The van der Waals surface area contributed by atoms with Crippen molar-refractivity contribution >= 4 is 11.6 Å². The van der Waals surface area contributed by atoms with E-state index in [4.69, 9.17) is 4.42 Å². The first-order valence-corrected chi connectivity index (χ1v) is 7.85. The van der Waals surface area contributed by atoms with Gasteiger partial charge in [-0.3, -0.25) is 10.1 Å². The number of aliphatic imine (C=N–C) groups is 1. The monoisotopic (exact) mass is 330 g/mol. The Bertz CT molecular complexity index is 666. The van der Waals surface area contributed by atoms with Crippen molar-refractivity contribution in [2.45, 2.75) is 26.4 Å². The van der Waals surface area contributed by atoms with Gasteiger partial charge >= 0.3 is 0 Å². The highest BCUT2D eigenvalue weighted by atomic mass is 16.6. The zero-order valence-corrected chi connectivity index (χ0v) is 13.9. The SMILES string of the molecule is CCCNC(=NCc1ccc([N+](=O)[O-])cc1)N(C)Cc1ccco1. The van der Waals surface area contributed by atoms with Gasteiger partial charge in [-0.25, -0.2) is 4.99 Å². The smallest absolute Gasteiger partial charge is 0.269 e. The quantitative estimate of drug-likeness (QED) is 0.365. The molecule has 0 bridgehead atoms. The summed E-state index contributed by atoms with van der Waals surface area (Å²) in [4.78, 5) is 16.9. The molecule has 1 N–H and O–H groups in total. The van der Waals surface area contributed by atoms with Gasteiger partial charge in [0.1, 0.15) is 5.76 Å². The summed E-state index contributed by atoms with van der Waals surface area (Å²) < 4.78 is 5.37. The van der Waals surface area contributed by atoms with E-state index >= 15 is 0 Å². The average molecular weight is 330 g/mol. The van der Waals surface area contributed by atoms with Crippen molar-refractivity contribution in [1.29, 1.82) is 0 Å². The van der Waals surface area contributed by atoms with E-state index < -0.39 is 4.92 Å². The number of furan rings is 1. The van der Waals surface area contributed by atoms with Crippen molar-refractivity contribution in [2.75, 3.05) is 13.6 Å². The predicted molar refractivity (Wildman–Crippen MR) is 92.7 cm³/mol. The number of nitro groups is 1. The van der Waals surface area contributed by atoms with Gasteiger partial charge < -0.3 is 14.6 Å². The van der Waals surface area contributed by atoms with Crippen LogP contribution in [0.1, 0.15) is 24.7 Å². The highest BCUT2D eigenvalue weighted by molar-refractivity contribution is 5.79. The lowest BCUT2D eigenvalue weighted by molar-refractivity contribution is -0.384. The number of guanidine groups is 1. The van der Waals surface area contributed by atoms with Crippen LogP contribution in [0.4, 0.5) is 5.69 Å². The van der Waals surface area contributed by atoms with E-state index in [1.807, 2.05) is 24.1 Å². The Hall–Kier alpha value is -2.83. The Morgan fingerprint density at radius 2 is 2.08 bits per heavy atom. The summed E-state index contributed by atoms with van der Waals surface area (Å²) in [5, 5.41) is 14.0. The molecule has 0 atom stereocenters. The molecule has 0 fully saturated rings. The molecule has 128 valence electrons. The third-order valence-electron chi connectivity index (χ3n) is 3.43. The summed E-state index contributed by atoms with van der Waals surface area (Å²) >= 11 is 0. The van der Waals surface area contributed by atoms with Gasteiger partial charge in [-0.15, -0.1) is 0 Å². The average Bonchev–Trinajstić information content (AvgIpc) is 3.08. The fraction of sp³-hybridized carbons (Fsp3) is 0.353. The number of benzene rings is 1. The normalized spacial score (nSPS) is 11.3. The van der Waals surface area contributed by atoms with Crippen LogP contribution in [0.2, 0.25) is 0 Å². The third kappa shape index (κ3) is 5.12. The van der Waals surface area contributed by atoms with Gasteiger partial charge in [0, 0.05) is 25.7 Å². The van der Waals surface area contributed by atoms with Crippen molar-refractivity contribution in [3.8, 4) is 0 Å². The van der Waals surface area contributed by atoms with Gasteiger partial charge in [0.2, 0.25) is 0 Å². The van der Waals surface area contributed by atoms with Gasteiger partial charge in [0.05, 0.1) is 24.3 Å². The van der Waals surface area contributed by atoms with Crippen LogP contribution in [-0.4, -0.2) is 29.4 Å². The molecule has 0 radical (unpaired) electrons. The molecule has 24 heavy (non-hydrogen) atoms. The van der Waals surface area contributed by atoms with Crippen LogP contribution < -0.4 is 5.32 Å². The Morgan fingerprint density at radius 1 is 1.33 bits per heavy atom. The molecular weight excluding hydrogens is 308 g/mol. The van der Waals surface area contributed by atoms with Crippen molar-refractivity contribution in [3.05, 3.63) is 64.1 Å². The van der Waals surface area contributed by atoms with E-state index in [0.717, 1.165) is 30.2 Å². The van der Waals surface area contributed by atoms with Crippen molar-refractivity contribution in [3.63, 3.8) is 0 Å². The molecule has 1 heterocycles. The van der Waals surface area contributed by atoms with Gasteiger partial charge in [-0.1, -0.05) is 19.1 Å². The van der Waals surface area contributed by atoms with Gasteiger partial charge in [-0.2, -0.15) is 0 Å². The molecule has 2 rings (SSSR count). The number of nitrogens with one attached hydrogen (secondary N) is 1. The highest BCUT2D eigenvalue weighted by Crippen LogP contribution is 2.13. The Morgan fingerprint density at radius 3 is 2.67 bits per heavy atom. The van der Waals surface area contributed by atoms with E-state index in [-0.39, 0.29) is 5.69 Å². The Balaban J connectivity index is 2.05. The van der Waals surface area contributed by atoms with E-state index in [9.17, 15) is 10.1 Å². The summed E-state index contributed by atoms with van der Waals surface area (Å²) in [5.41, 5.74) is 1.00. The van der Waals surface area contributed by atoms with E-state index in [0.29, 0.717) is 13.1 Å². The zero-order valence-electron chi connectivity index (χ0n) is 13.9. The molecule has 0 aliphatic carbocycles. The molecular formula is C17H22N4O3. The largest absolute Gasteiger partial charge is 0.467 e. The maximum Gasteiger partial charge on any atom is 0.269 e. The van der Waals surface area contributed by atoms with E-state index in [1.165, 1.54) is 12.1 Å². The van der Waals surface area contributed by atoms with Crippen LogP contribution in [0, 0.1) is 10.1 Å². The van der Waals surface area contributed by atoms with E-state index in [2.05, 4.69) is 17.2 Å². The molecule has 1 aromatic heterocycles. The maximum absolute atomic E-state index is 10.7. The van der Waals surface area contributed by atoms with Crippen LogP contribution in [0.3, 0.4) is 0 Å². The summed E-state index contributed by atoms with van der Waals surface area (Å²) in [5.74, 6) is 1.63. The van der Waals surface area contributed by atoms with Gasteiger partial charge in [0.15, 0.2) is 5.96 Å². The lowest BCUT2D eigenvalue weighted by Gasteiger charge is -2.21. The number of hydrogen-bond acceptors (Lipinski definition) is 4. The molecule has 0 saturated carbocycles. The number of non-ortho nitro benzene ring substituents is 1. The maximum atomic E-state index is 10.7. The standard InChI is InChI=1S/C17H22N4O3/c1-3-10-18-17(20(2)13-16-5-4-11-24-16)19-12-14-6-8-15(9-7-14)21(22)23/h4-9,11H,3,10,12-13H2,1-2H3,(H,18,19). The summed E-state index contributed by atoms with van der Waals surface area (Å²) in [6, 6.07) is 10.2. The van der Waals surface area contributed by atoms with E-state index in [1.54, 1.807) is 18.4 Å². The highest BCUT2D eigenvalue weighted by Gasteiger charge is 2.09. The number of rotatable bonds is 7. The summed E-state index contributed by atoms with van der Waals surface area (Å²) in [6.07, 6.45) is 2.64. The number of hydrogen-bond donors (Lipinski definition) is 1. The molecule has 1 aromatic carbocycles. The lowest BCUT2D eigenvalue weighted by atomic mass is 10.2. The first-order chi connectivity index (χ1) is 11.6. The third-order valence-corrected chi connectivity index (χ3v) is 3.43. The fourth-order valence-corrected chi connectivity index (χ4v) is 2.15. The number of nitrogens with zero attached hydrogens (tertiary/aromatic N) is 3. The van der Waals surface area contributed by atoms with Crippen LogP contribution in [0.25, 0.3) is 0 Å². The molecule has 0 saturated heterocycles. The van der Waals surface area contributed by atoms with Crippen molar-refractivity contribution < 1.29 is 9.34 Å². The molecule has 7 nitrogen and oxygen atoms in total. The van der Waals surface area contributed by atoms with Crippen LogP contribution in [-0.2, 0) is 13.1 Å². The molecule has 0 aliphatic heterocycles. The van der Waals surface area contributed by atoms with Gasteiger partial charge in [0.25, 0.3) is 5.69 Å². The Kier molecular flexibility index (Phi) is 6.36. The molecule has 0 amide bonds. The first-order valence-electron chi connectivity index (χ1n) is 7.85. The minimum absolute atomic E-state index is 0.0852. The minimum Gasteiger partial charge on any atom is -0.467 e. The van der Waals surface area contributed by atoms with Crippen molar-refractivity contribution in [1.82, 2.24) is 10.2 Å². The second-order valence-electron chi connectivity index (χ2n) is 5.43. The van der Waals surface area contributed by atoms with Crippen LogP contribution >= 0.6 is 0 Å². The molecule has 0 aliphatic rings. The molecule has 7 heteroatoms. The van der Waals surface area contributed by atoms with Crippen molar-refractivity contribution in [2.24, 2.45) is 4.99 Å².